The number of likely N-dealkylation sites (N-methyl/N-ethyl adjacent to an activating group) is 1. The number of carboxylic acids is 1. The van der Waals surface area contributed by atoms with Crippen LogP contribution in [-0.2, 0) is 0 Å². The summed E-state index contributed by atoms with van der Waals surface area (Å²) >= 11 is 1.31. The van der Waals surface area contributed by atoms with Gasteiger partial charge in [0.05, 0.1) is 0 Å². The molecule has 5 heteroatoms. The normalized spacial score (nSPS) is 11.3. The van der Waals surface area contributed by atoms with Crippen LogP contribution >= 0.6 is 11.3 Å². The maximum absolute atomic E-state index is 11.2. The molecule has 0 radical (unpaired) electrons. The summed E-state index contributed by atoms with van der Waals surface area (Å²) in [5.74, 6) is -0.0775. The number of rotatable bonds is 8. The van der Waals surface area contributed by atoms with Crippen molar-refractivity contribution in [2.45, 2.75) is 33.6 Å². The van der Waals surface area contributed by atoms with Crippen molar-refractivity contribution in [2.75, 3.05) is 26.2 Å². The molecule has 1 aromatic rings. The first-order chi connectivity index (χ1) is 8.99. The average molecular weight is 285 g/mol. The molecule has 108 valence electrons. The molecule has 0 unspecified atom stereocenters. The van der Waals surface area contributed by atoms with Crippen LogP contribution in [0, 0.1) is 0 Å². The number of thiophene rings is 1. The third-order valence-corrected chi connectivity index (χ3v) is 4.44. The van der Waals surface area contributed by atoms with E-state index in [0.29, 0.717) is 23.2 Å². The summed E-state index contributed by atoms with van der Waals surface area (Å²) in [6, 6.07) is 1.86. The molecule has 0 saturated heterocycles. The van der Waals surface area contributed by atoms with Gasteiger partial charge in [-0.25, -0.2) is 4.79 Å². The number of aromatic carboxylic acids is 1. The standard InChI is InChI=1S/C14H23NO3S/c1-5-15(6-2)7-8-18-11-9-12(10(3)4)19-13(11)14(16)17/h9-10H,5-8H2,1-4H3,(H,16,17). The zero-order valence-corrected chi connectivity index (χ0v) is 12.9. The Morgan fingerprint density at radius 1 is 1.42 bits per heavy atom. The molecule has 0 aliphatic carbocycles. The summed E-state index contributed by atoms with van der Waals surface area (Å²) in [6.45, 7) is 11.6. The average Bonchev–Trinajstić information content (AvgIpc) is 2.79. The molecule has 0 fully saturated rings. The van der Waals surface area contributed by atoms with Gasteiger partial charge in [0.1, 0.15) is 12.4 Å². The zero-order valence-electron chi connectivity index (χ0n) is 12.1. The van der Waals surface area contributed by atoms with Crippen LogP contribution in [0.2, 0.25) is 0 Å². The maximum atomic E-state index is 11.2. The smallest absolute Gasteiger partial charge is 0.349 e. The van der Waals surface area contributed by atoms with E-state index in [1.165, 1.54) is 11.3 Å². The Bertz CT molecular complexity index is 411. The van der Waals surface area contributed by atoms with Crippen LogP contribution in [0.1, 0.15) is 48.2 Å². The molecule has 0 spiro atoms. The van der Waals surface area contributed by atoms with E-state index in [9.17, 15) is 9.90 Å². The van der Waals surface area contributed by atoms with Crippen LogP contribution in [0.4, 0.5) is 0 Å². The Kier molecular flexibility index (Phi) is 6.31. The zero-order chi connectivity index (χ0) is 14.4. The molecule has 0 saturated carbocycles. The summed E-state index contributed by atoms with van der Waals surface area (Å²) in [4.78, 5) is 14.8. The highest BCUT2D eigenvalue weighted by Gasteiger charge is 2.18. The lowest BCUT2D eigenvalue weighted by molar-refractivity contribution is 0.0697. The van der Waals surface area contributed by atoms with Gasteiger partial charge >= 0.3 is 5.97 Å². The van der Waals surface area contributed by atoms with Gasteiger partial charge in [0.15, 0.2) is 4.88 Å². The lowest BCUT2D eigenvalue weighted by atomic mass is 10.2. The molecule has 1 rings (SSSR count). The second-order valence-electron chi connectivity index (χ2n) is 4.68. The molecular weight excluding hydrogens is 262 g/mol. The van der Waals surface area contributed by atoms with Crippen LogP contribution in [0.25, 0.3) is 0 Å². The van der Waals surface area contributed by atoms with Crippen molar-refractivity contribution in [3.8, 4) is 5.75 Å². The van der Waals surface area contributed by atoms with Crippen LogP contribution in [-0.4, -0.2) is 42.2 Å². The largest absolute Gasteiger partial charge is 0.490 e. The van der Waals surface area contributed by atoms with E-state index in [-0.39, 0.29) is 0 Å². The molecule has 1 aromatic heterocycles. The predicted octanol–water partition coefficient (Wildman–Crippen LogP) is 3.29. The van der Waals surface area contributed by atoms with Gasteiger partial charge < -0.3 is 14.7 Å². The summed E-state index contributed by atoms with van der Waals surface area (Å²) in [7, 11) is 0. The molecule has 0 aliphatic heterocycles. The summed E-state index contributed by atoms with van der Waals surface area (Å²) in [5, 5.41) is 9.18. The molecule has 1 N–H and O–H groups in total. The van der Waals surface area contributed by atoms with Crippen molar-refractivity contribution in [3.63, 3.8) is 0 Å². The molecule has 0 aliphatic rings. The van der Waals surface area contributed by atoms with Crippen molar-refractivity contribution in [1.82, 2.24) is 4.90 Å². The van der Waals surface area contributed by atoms with E-state index in [0.717, 1.165) is 24.5 Å². The van der Waals surface area contributed by atoms with Gasteiger partial charge in [0.2, 0.25) is 0 Å². The molecule has 1 heterocycles. The summed E-state index contributed by atoms with van der Waals surface area (Å²) < 4.78 is 5.65. The molecule has 0 aromatic carbocycles. The van der Waals surface area contributed by atoms with Gasteiger partial charge in [0.25, 0.3) is 0 Å². The van der Waals surface area contributed by atoms with Crippen LogP contribution in [0.5, 0.6) is 5.75 Å². The van der Waals surface area contributed by atoms with Gasteiger partial charge in [0, 0.05) is 11.4 Å². The second-order valence-corrected chi connectivity index (χ2v) is 5.76. The van der Waals surface area contributed by atoms with Gasteiger partial charge in [-0.2, -0.15) is 0 Å². The second kappa shape index (κ2) is 7.50. The highest BCUT2D eigenvalue weighted by Crippen LogP contribution is 2.33. The number of hydrogen-bond acceptors (Lipinski definition) is 4. The minimum atomic E-state index is -0.908. The van der Waals surface area contributed by atoms with Crippen molar-refractivity contribution >= 4 is 17.3 Å². The minimum Gasteiger partial charge on any atom is -0.490 e. The molecule has 0 amide bonds. The Morgan fingerprint density at radius 2 is 2.05 bits per heavy atom. The van der Waals surface area contributed by atoms with E-state index < -0.39 is 5.97 Å². The number of nitrogens with zero attached hydrogens (tertiary/aromatic N) is 1. The van der Waals surface area contributed by atoms with Crippen molar-refractivity contribution in [2.24, 2.45) is 0 Å². The molecule has 19 heavy (non-hydrogen) atoms. The first-order valence-corrected chi connectivity index (χ1v) is 7.53. The SMILES string of the molecule is CCN(CC)CCOc1cc(C(C)C)sc1C(=O)O. The highest BCUT2D eigenvalue weighted by molar-refractivity contribution is 7.14. The van der Waals surface area contributed by atoms with E-state index in [1.54, 1.807) is 0 Å². The van der Waals surface area contributed by atoms with Gasteiger partial charge in [-0.15, -0.1) is 11.3 Å². The lowest BCUT2D eigenvalue weighted by Gasteiger charge is -2.17. The van der Waals surface area contributed by atoms with E-state index in [4.69, 9.17) is 4.74 Å². The Labute approximate surface area is 119 Å². The van der Waals surface area contributed by atoms with Gasteiger partial charge in [-0.1, -0.05) is 27.7 Å². The third kappa shape index (κ3) is 4.51. The van der Waals surface area contributed by atoms with E-state index in [2.05, 4.69) is 32.6 Å². The van der Waals surface area contributed by atoms with Gasteiger partial charge in [-0.3, -0.25) is 0 Å². The summed E-state index contributed by atoms with van der Waals surface area (Å²) in [6.07, 6.45) is 0. The van der Waals surface area contributed by atoms with E-state index >= 15 is 0 Å². The maximum Gasteiger partial charge on any atom is 0.349 e. The fourth-order valence-corrected chi connectivity index (χ4v) is 2.70. The van der Waals surface area contributed by atoms with E-state index in [1.807, 2.05) is 6.07 Å². The molecule has 4 nitrogen and oxygen atoms in total. The minimum absolute atomic E-state index is 0.309. The number of hydrogen-bond donors (Lipinski definition) is 1. The fourth-order valence-electron chi connectivity index (χ4n) is 1.76. The van der Waals surface area contributed by atoms with Crippen LogP contribution in [0.15, 0.2) is 6.07 Å². The predicted molar refractivity (Wildman–Crippen MR) is 78.7 cm³/mol. The molecular formula is C14H23NO3S. The first-order valence-electron chi connectivity index (χ1n) is 6.71. The topological polar surface area (TPSA) is 49.8 Å². The van der Waals surface area contributed by atoms with Crippen LogP contribution in [0.3, 0.4) is 0 Å². The first kappa shape index (κ1) is 16.0. The highest BCUT2D eigenvalue weighted by atomic mass is 32.1. The van der Waals surface area contributed by atoms with Crippen molar-refractivity contribution in [1.29, 1.82) is 0 Å². The quantitative estimate of drug-likeness (QED) is 0.796. The van der Waals surface area contributed by atoms with Crippen LogP contribution < -0.4 is 4.74 Å². The molecule has 0 bridgehead atoms. The van der Waals surface area contributed by atoms with Gasteiger partial charge in [-0.05, 0) is 25.1 Å². The summed E-state index contributed by atoms with van der Waals surface area (Å²) in [5.41, 5.74) is 0. The Balaban J connectivity index is 2.68. The van der Waals surface area contributed by atoms with Crippen molar-refractivity contribution in [3.05, 3.63) is 15.8 Å². The molecule has 0 atom stereocenters. The number of carboxylic acid groups (broad SMARTS) is 1. The third-order valence-electron chi connectivity index (χ3n) is 3.04. The number of ether oxygens (including phenoxy) is 1. The Morgan fingerprint density at radius 3 is 2.53 bits per heavy atom. The van der Waals surface area contributed by atoms with Crippen molar-refractivity contribution < 1.29 is 14.6 Å². The Hall–Kier alpha value is -1.07. The monoisotopic (exact) mass is 285 g/mol. The lowest BCUT2D eigenvalue weighted by Crippen LogP contribution is -2.28. The fraction of sp³-hybridized carbons (Fsp3) is 0.643. The number of carbonyl (C=O) groups is 1.